The zero-order chi connectivity index (χ0) is 20.3. The summed E-state index contributed by atoms with van der Waals surface area (Å²) in [5, 5.41) is 8.65. The van der Waals surface area contributed by atoms with Gasteiger partial charge < -0.3 is 14.4 Å². The molecule has 1 atom stereocenters. The van der Waals surface area contributed by atoms with Crippen LogP contribution < -0.4 is 4.74 Å². The van der Waals surface area contributed by atoms with Crippen molar-refractivity contribution in [2.24, 2.45) is 0 Å². The van der Waals surface area contributed by atoms with Crippen molar-refractivity contribution in [3.05, 3.63) is 60.0 Å². The minimum absolute atomic E-state index is 0.0743. The van der Waals surface area contributed by atoms with Crippen LogP contribution in [0.1, 0.15) is 47.8 Å². The van der Waals surface area contributed by atoms with E-state index in [1.165, 1.54) is 0 Å². The van der Waals surface area contributed by atoms with Gasteiger partial charge in [0.05, 0.1) is 6.10 Å². The molecule has 2 aliphatic rings. The number of carbonyl (C=O) groups is 1. The Balaban J connectivity index is 1.17. The molecular formula is C23H26N4O3. The molecule has 2 aromatic heterocycles. The molecule has 1 unspecified atom stereocenters. The second kappa shape index (κ2) is 8.44. The van der Waals surface area contributed by atoms with E-state index in [0.717, 1.165) is 62.6 Å². The molecule has 2 aliphatic heterocycles. The number of fused-ring (bicyclic) bond motifs is 1. The normalized spacial score (nSPS) is 20.0. The van der Waals surface area contributed by atoms with Crippen LogP contribution in [0.25, 0.3) is 5.65 Å². The van der Waals surface area contributed by atoms with Crippen LogP contribution >= 0.6 is 0 Å². The summed E-state index contributed by atoms with van der Waals surface area (Å²) in [4.78, 5) is 14.8. The molecule has 7 heteroatoms. The second-order valence-corrected chi connectivity index (χ2v) is 8.02. The van der Waals surface area contributed by atoms with E-state index in [1.54, 1.807) is 0 Å². The van der Waals surface area contributed by atoms with Crippen LogP contribution in [0.15, 0.2) is 48.7 Å². The Morgan fingerprint density at radius 1 is 1.07 bits per heavy atom. The summed E-state index contributed by atoms with van der Waals surface area (Å²) in [6.45, 7) is 2.84. The largest absolute Gasteiger partial charge is 0.491 e. The molecular weight excluding hydrogens is 380 g/mol. The van der Waals surface area contributed by atoms with Gasteiger partial charge in [-0.15, -0.1) is 10.2 Å². The average molecular weight is 406 g/mol. The maximum atomic E-state index is 12.9. The van der Waals surface area contributed by atoms with Gasteiger partial charge in [0, 0.05) is 37.4 Å². The van der Waals surface area contributed by atoms with Gasteiger partial charge in [-0.3, -0.25) is 9.20 Å². The Bertz CT molecular complexity index is 1000. The summed E-state index contributed by atoms with van der Waals surface area (Å²) in [5.41, 5.74) is 1.57. The lowest BCUT2D eigenvalue weighted by Gasteiger charge is -2.31. The van der Waals surface area contributed by atoms with E-state index < -0.39 is 0 Å². The molecule has 7 nitrogen and oxygen atoms in total. The third-order valence-corrected chi connectivity index (χ3v) is 6.05. The number of aromatic nitrogens is 3. The Morgan fingerprint density at radius 3 is 2.67 bits per heavy atom. The maximum absolute atomic E-state index is 12.9. The van der Waals surface area contributed by atoms with Crippen molar-refractivity contribution >= 4 is 11.6 Å². The topological polar surface area (TPSA) is 69.0 Å². The number of piperidine rings is 1. The van der Waals surface area contributed by atoms with Gasteiger partial charge in [0.15, 0.2) is 5.65 Å². The number of carbonyl (C=O) groups excluding carboxylic acids is 1. The number of benzene rings is 1. The Labute approximate surface area is 175 Å². The first-order chi connectivity index (χ1) is 14.8. The molecule has 1 aromatic carbocycles. The molecule has 0 spiro atoms. The number of hydrogen-bond acceptors (Lipinski definition) is 5. The SMILES string of the molecule is O=C(c1ccc(OCC2CCCO2)cc1)N1CCC(c2nnc3ccccn23)CC1. The van der Waals surface area contributed by atoms with Crippen molar-refractivity contribution in [3.63, 3.8) is 0 Å². The van der Waals surface area contributed by atoms with Gasteiger partial charge in [0.25, 0.3) is 5.91 Å². The highest BCUT2D eigenvalue weighted by atomic mass is 16.5. The van der Waals surface area contributed by atoms with Crippen LogP contribution in [-0.4, -0.2) is 57.8 Å². The van der Waals surface area contributed by atoms with Crippen molar-refractivity contribution in [2.75, 3.05) is 26.3 Å². The number of rotatable bonds is 5. The lowest BCUT2D eigenvalue weighted by Crippen LogP contribution is -2.38. The molecule has 1 amide bonds. The number of likely N-dealkylation sites (tertiary alicyclic amines) is 1. The summed E-state index contributed by atoms with van der Waals surface area (Å²) in [5.74, 6) is 2.16. The van der Waals surface area contributed by atoms with Crippen molar-refractivity contribution in [3.8, 4) is 5.75 Å². The van der Waals surface area contributed by atoms with Gasteiger partial charge >= 0.3 is 0 Å². The highest BCUT2D eigenvalue weighted by Gasteiger charge is 2.27. The van der Waals surface area contributed by atoms with E-state index in [1.807, 2.05) is 53.6 Å². The standard InChI is InChI=1S/C23H26N4O3/c28-23(18-6-8-19(9-7-18)30-16-20-4-3-15-29-20)26-13-10-17(11-14-26)22-25-24-21-5-1-2-12-27(21)22/h1-2,5-9,12,17,20H,3-4,10-11,13-16H2. The number of ether oxygens (including phenoxy) is 2. The van der Waals surface area contributed by atoms with Crippen LogP contribution in [0.3, 0.4) is 0 Å². The quantitative estimate of drug-likeness (QED) is 0.650. The first-order valence-corrected chi connectivity index (χ1v) is 10.7. The molecule has 5 rings (SSSR count). The van der Waals surface area contributed by atoms with E-state index in [2.05, 4.69) is 14.6 Å². The first-order valence-electron chi connectivity index (χ1n) is 10.7. The minimum Gasteiger partial charge on any atom is -0.491 e. The molecule has 156 valence electrons. The highest BCUT2D eigenvalue weighted by Crippen LogP contribution is 2.28. The van der Waals surface area contributed by atoms with E-state index in [4.69, 9.17) is 9.47 Å². The van der Waals surface area contributed by atoms with E-state index in [9.17, 15) is 4.79 Å². The number of amides is 1. The van der Waals surface area contributed by atoms with Gasteiger partial charge in [-0.05, 0) is 62.1 Å². The number of hydrogen-bond donors (Lipinski definition) is 0. The van der Waals surface area contributed by atoms with E-state index in [0.29, 0.717) is 18.1 Å². The first kappa shape index (κ1) is 19.1. The summed E-state index contributed by atoms with van der Waals surface area (Å²) in [7, 11) is 0. The summed E-state index contributed by atoms with van der Waals surface area (Å²) in [6, 6.07) is 13.4. The molecule has 0 bridgehead atoms. The smallest absolute Gasteiger partial charge is 0.253 e. The molecule has 0 saturated carbocycles. The van der Waals surface area contributed by atoms with Crippen LogP contribution in [0.5, 0.6) is 5.75 Å². The molecule has 30 heavy (non-hydrogen) atoms. The van der Waals surface area contributed by atoms with Gasteiger partial charge in [-0.1, -0.05) is 6.07 Å². The fraction of sp³-hybridized carbons (Fsp3) is 0.435. The minimum atomic E-state index is 0.0743. The van der Waals surface area contributed by atoms with Gasteiger partial charge in [0.2, 0.25) is 0 Å². The highest BCUT2D eigenvalue weighted by molar-refractivity contribution is 5.94. The van der Waals surface area contributed by atoms with Crippen LogP contribution in [0.2, 0.25) is 0 Å². The molecule has 0 N–H and O–H groups in total. The van der Waals surface area contributed by atoms with Crippen molar-refractivity contribution < 1.29 is 14.3 Å². The Morgan fingerprint density at radius 2 is 1.90 bits per heavy atom. The zero-order valence-corrected chi connectivity index (χ0v) is 16.9. The second-order valence-electron chi connectivity index (χ2n) is 8.02. The lowest BCUT2D eigenvalue weighted by molar-refractivity contribution is 0.0677. The van der Waals surface area contributed by atoms with E-state index >= 15 is 0 Å². The lowest BCUT2D eigenvalue weighted by atomic mass is 9.95. The third kappa shape index (κ3) is 3.89. The van der Waals surface area contributed by atoms with Crippen molar-refractivity contribution in [1.29, 1.82) is 0 Å². The van der Waals surface area contributed by atoms with Crippen molar-refractivity contribution in [2.45, 2.75) is 37.7 Å². The monoisotopic (exact) mass is 406 g/mol. The van der Waals surface area contributed by atoms with Gasteiger partial charge in [0.1, 0.15) is 18.2 Å². The fourth-order valence-electron chi connectivity index (χ4n) is 4.32. The van der Waals surface area contributed by atoms with E-state index in [-0.39, 0.29) is 12.0 Å². The maximum Gasteiger partial charge on any atom is 0.253 e. The summed E-state index contributed by atoms with van der Waals surface area (Å²) >= 11 is 0. The molecule has 4 heterocycles. The van der Waals surface area contributed by atoms with Crippen LogP contribution in [0.4, 0.5) is 0 Å². The van der Waals surface area contributed by atoms with Crippen LogP contribution in [-0.2, 0) is 4.74 Å². The summed E-state index contributed by atoms with van der Waals surface area (Å²) < 4.78 is 13.4. The van der Waals surface area contributed by atoms with Gasteiger partial charge in [-0.2, -0.15) is 0 Å². The number of nitrogens with zero attached hydrogens (tertiary/aromatic N) is 4. The average Bonchev–Trinajstić information content (AvgIpc) is 3.48. The molecule has 2 saturated heterocycles. The molecule has 0 aliphatic carbocycles. The zero-order valence-electron chi connectivity index (χ0n) is 16.9. The van der Waals surface area contributed by atoms with Crippen molar-refractivity contribution in [1.82, 2.24) is 19.5 Å². The predicted octanol–water partition coefficient (Wildman–Crippen LogP) is 3.31. The predicted molar refractivity (Wildman–Crippen MR) is 112 cm³/mol. The summed E-state index contributed by atoms with van der Waals surface area (Å²) in [6.07, 6.45) is 6.14. The molecule has 0 radical (unpaired) electrons. The van der Waals surface area contributed by atoms with Crippen LogP contribution in [0, 0.1) is 0 Å². The Hall–Kier alpha value is -2.93. The van der Waals surface area contributed by atoms with Gasteiger partial charge in [-0.25, -0.2) is 0 Å². The Kier molecular flexibility index (Phi) is 5.36. The molecule has 3 aromatic rings. The third-order valence-electron chi connectivity index (χ3n) is 6.05. The number of pyridine rings is 1. The molecule has 2 fully saturated rings. The fourth-order valence-corrected chi connectivity index (χ4v) is 4.32.